The number of aryl methyl sites for hydroxylation is 1. The summed E-state index contributed by atoms with van der Waals surface area (Å²) >= 11 is 0. The Morgan fingerprint density at radius 2 is 1.43 bits per heavy atom. The molecule has 1 saturated heterocycles. The zero-order valence-corrected chi connectivity index (χ0v) is 27.8. The molecule has 0 spiro atoms. The number of piperidine rings is 1. The fourth-order valence-electron chi connectivity index (χ4n) is 6.57. The van der Waals surface area contributed by atoms with Gasteiger partial charge in [-0.15, -0.1) is 27.7 Å². The standard InChI is InChI=1S/C34H44N3O2P3/c38-31(17-16-25-10-2-1-3-11-25)36-26-18-22-37(23-19-26)21-9-8-20-33(32(39)35-24-34(40,41)42)29-14-6-4-12-27(29)28-13-5-7-15-30(28)33/h1-7,10-15,26H,8-9,16-24,40-42H2,(H,35,39)(H,36,38). The third-order valence-electron chi connectivity index (χ3n) is 8.72. The van der Waals surface area contributed by atoms with Gasteiger partial charge in [-0.2, -0.15) is 0 Å². The minimum atomic E-state index is -0.685. The molecule has 3 aromatic carbocycles. The van der Waals surface area contributed by atoms with E-state index in [1.165, 1.54) is 16.7 Å². The highest BCUT2D eigenvalue weighted by atomic mass is 31.1. The monoisotopic (exact) mass is 619 g/mol. The molecule has 3 atom stereocenters. The van der Waals surface area contributed by atoms with Gasteiger partial charge in [-0.05, 0) is 66.5 Å². The van der Waals surface area contributed by atoms with Gasteiger partial charge in [0.1, 0.15) is 5.41 Å². The Balaban J connectivity index is 1.15. The van der Waals surface area contributed by atoms with Gasteiger partial charge in [0.2, 0.25) is 11.8 Å². The van der Waals surface area contributed by atoms with E-state index < -0.39 is 5.41 Å². The zero-order chi connectivity index (χ0) is 29.6. The summed E-state index contributed by atoms with van der Waals surface area (Å²) < 4.78 is -0.234. The molecule has 2 N–H and O–H groups in total. The molecule has 0 saturated carbocycles. The van der Waals surface area contributed by atoms with Crippen molar-refractivity contribution in [2.45, 2.75) is 61.0 Å². The van der Waals surface area contributed by atoms with Crippen molar-refractivity contribution in [2.24, 2.45) is 0 Å². The number of benzene rings is 3. The second kappa shape index (κ2) is 14.1. The number of carbonyl (C=O) groups excluding carboxylic acids is 2. The fraction of sp³-hybridized carbons (Fsp3) is 0.412. The molecule has 1 aliphatic heterocycles. The first-order chi connectivity index (χ1) is 20.3. The quantitative estimate of drug-likeness (QED) is 0.201. The van der Waals surface area contributed by atoms with Gasteiger partial charge < -0.3 is 15.5 Å². The van der Waals surface area contributed by atoms with E-state index in [4.69, 9.17) is 0 Å². The topological polar surface area (TPSA) is 61.4 Å². The number of nitrogens with zero attached hydrogens (tertiary/aromatic N) is 1. The lowest BCUT2D eigenvalue weighted by Gasteiger charge is -2.34. The largest absolute Gasteiger partial charge is 0.353 e. The van der Waals surface area contributed by atoms with Crippen LogP contribution in [0.1, 0.15) is 55.2 Å². The van der Waals surface area contributed by atoms with Crippen LogP contribution in [0.2, 0.25) is 0 Å². The Morgan fingerprint density at radius 1 is 0.833 bits per heavy atom. The number of fused-ring (bicyclic) bond motifs is 3. The summed E-state index contributed by atoms with van der Waals surface area (Å²) in [5.74, 6) is 0.237. The Morgan fingerprint density at radius 3 is 2.05 bits per heavy atom. The molecule has 1 fully saturated rings. The Hall–Kier alpha value is -2.15. The molecule has 3 aromatic rings. The molecule has 2 amide bonds. The van der Waals surface area contributed by atoms with Crippen LogP contribution in [0.4, 0.5) is 0 Å². The molecular weight excluding hydrogens is 575 g/mol. The molecule has 5 rings (SSSR count). The number of nitrogens with one attached hydrogen (secondary N) is 2. The SMILES string of the molecule is O=C(CCc1ccccc1)NC1CCN(CCCCC2(C(=O)NCC(P)(P)P)c3ccccc3-c3ccccc32)CC1. The lowest BCUT2D eigenvalue weighted by atomic mass is 9.73. The summed E-state index contributed by atoms with van der Waals surface area (Å²) in [7, 11) is 8.31. The number of likely N-dealkylation sites (tertiary alicyclic amines) is 1. The van der Waals surface area contributed by atoms with Gasteiger partial charge in [-0.25, -0.2) is 0 Å². The zero-order valence-electron chi connectivity index (χ0n) is 24.4. The Bertz CT molecular complexity index is 1320. The molecule has 0 bridgehead atoms. The van der Waals surface area contributed by atoms with Crippen molar-refractivity contribution in [3.63, 3.8) is 0 Å². The number of rotatable bonds is 12. The fourth-order valence-corrected chi connectivity index (χ4v) is 6.87. The van der Waals surface area contributed by atoms with E-state index in [9.17, 15) is 9.59 Å². The summed E-state index contributed by atoms with van der Waals surface area (Å²) in [6.45, 7) is 3.55. The van der Waals surface area contributed by atoms with E-state index in [0.717, 1.165) is 69.3 Å². The van der Waals surface area contributed by atoms with Crippen LogP contribution in [-0.2, 0) is 21.4 Å². The maximum atomic E-state index is 14.1. The first kappa shape index (κ1) is 31.3. The third kappa shape index (κ3) is 7.49. The lowest BCUT2D eigenvalue weighted by molar-refractivity contribution is -0.125. The van der Waals surface area contributed by atoms with Crippen molar-refractivity contribution < 1.29 is 9.59 Å². The summed E-state index contributed by atoms with van der Waals surface area (Å²) in [6, 6.07) is 27.3. The summed E-state index contributed by atoms with van der Waals surface area (Å²) in [5, 5.41) is 6.53. The van der Waals surface area contributed by atoms with Crippen molar-refractivity contribution in [3.8, 4) is 11.1 Å². The van der Waals surface area contributed by atoms with Gasteiger partial charge in [-0.1, -0.05) is 85.3 Å². The van der Waals surface area contributed by atoms with Crippen molar-refractivity contribution in [3.05, 3.63) is 95.6 Å². The van der Waals surface area contributed by atoms with E-state index >= 15 is 0 Å². The van der Waals surface area contributed by atoms with Crippen molar-refractivity contribution >= 4 is 39.5 Å². The van der Waals surface area contributed by atoms with Gasteiger partial charge in [-0.3, -0.25) is 9.59 Å². The number of unbranched alkanes of at least 4 members (excludes halogenated alkanes) is 1. The van der Waals surface area contributed by atoms with Gasteiger partial charge in [0.05, 0.1) is 0 Å². The van der Waals surface area contributed by atoms with Crippen LogP contribution in [0, 0.1) is 0 Å². The second-order valence-corrected chi connectivity index (χ2v) is 17.1. The average molecular weight is 620 g/mol. The van der Waals surface area contributed by atoms with E-state index in [-0.39, 0.29) is 22.5 Å². The summed E-state index contributed by atoms with van der Waals surface area (Å²) in [5.41, 5.74) is 5.10. The highest BCUT2D eigenvalue weighted by molar-refractivity contribution is 7.57. The summed E-state index contributed by atoms with van der Waals surface area (Å²) in [4.78, 5) is 29.1. The van der Waals surface area contributed by atoms with Crippen LogP contribution in [-0.4, -0.2) is 53.6 Å². The summed E-state index contributed by atoms with van der Waals surface area (Å²) in [6.07, 6.45) is 6.08. The van der Waals surface area contributed by atoms with Crippen LogP contribution in [0.3, 0.4) is 0 Å². The molecule has 0 aromatic heterocycles. The second-order valence-electron chi connectivity index (χ2n) is 11.9. The van der Waals surface area contributed by atoms with Crippen molar-refractivity contribution in [2.75, 3.05) is 26.2 Å². The molecule has 0 radical (unpaired) electrons. The molecule has 1 aliphatic carbocycles. The van der Waals surface area contributed by atoms with E-state index in [1.54, 1.807) is 0 Å². The number of carbonyl (C=O) groups is 2. The molecule has 8 heteroatoms. The highest BCUT2D eigenvalue weighted by Crippen LogP contribution is 2.51. The molecule has 5 nitrogen and oxygen atoms in total. The van der Waals surface area contributed by atoms with Crippen LogP contribution in [0.25, 0.3) is 11.1 Å². The van der Waals surface area contributed by atoms with Gasteiger partial charge in [0, 0.05) is 36.7 Å². The third-order valence-corrected chi connectivity index (χ3v) is 9.33. The normalized spacial score (nSPS) is 16.5. The maximum Gasteiger partial charge on any atom is 0.235 e. The predicted octanol–water partition coefficient (Wildman–Crippen LogP) is 5.73. The van der Waals surface area contributed by atoms with Crippen molar-refractivity contribution in [1.29, 1.82) is 0 Å². The van der Waals surface area contributed by atoms with Crippen LogP contribution in [0.5, 0.6) is 0 Å². The minimum absolute atomic E-state index is 0.0837. The minimum Gasteiger partial charge on any atom is -0.353 e. The van der Waals surface area contributed by atoms with Gasteiger partial charge >= 0.3 is 0 Å². The first-order valence-electron chi connectivity index (χ1n) is 15.2. The van der Waals surface area contributed by atoms with E-state index in [2.05, 4.69) is 104 Å². The molecule has 1 heterocycles. The van der Waals surface area contributed by atoms with Crippen LogP contribution >= 0.6 is 27.7 Å². The van der Waals surface area contributed by atoms with E-state index in [1.807, 2.05) is 18.2 Å². The predicted molar refractivity (Wildman–Crippen MR) is 184 cm³/mol. The first-order valence-corrected chi connectivity index (χ1v) is 16.9. The Kier molecular flexibility index (Phi) is 10.5. The lowest BCUT2D eigenvalue weighted by Crippen LogP contribution is -2.46. The smallest absolute Gasteiger partial charge is 0.235 e. The number of hydrogen-bond donors (Lipinski definition) is 2. The average Bonchev–Trinajstić information content (AvgIpc) is 3.29. The van der Waals surface area contributed by atoms with Crippen molar-refractivity contribution in [1.82, 2.24) is 15.5 Å². The number of hydrogen-bond acceptors (Lipinski definition) is 3. The Labute approximate surface area is 258 Å². The molecule has 42 heavy (non-hydrogen) atoms. The molecular formula is C34H44N3O2P3. The molecule has 3 unspecified atom stereocenters. The molecule has 222 valence electrons. The van der Waals surface area contributed by atoms with Gasteiger partial charge in [0.15, 0.2) is 0 Å². The van der Waals surface area contributed by atoms with Crippen LogP contribution < -0.4 is 10.6 Å². The van der Waals surface area contributed by atoms with Gasteiger partial charge in [0.25, 0.3) is 0 Å². The number of amides is 2. The van der Waals surface area contributed by atoms with E-state index in [0.29, 0.717) is 13.0 Å². The molecule has 2 aliphatic rings. The van der Waals surface area contributed by atoms with Crippen LogP contribution in [0.15, 0.2) is 78.9 Å². The highest BCUT2D eigenvalue weighted by Gasteiger charge is 2.48. The maximum absolute atomic E-state index is 14.1.